The van der Waals surface area contributed by atoms with Crippen LogP contribution in [0.5, 0.6) is 0 Å². The van der Waals surface area contributed by atoms with E-state index in [-0.39, 0.29) is 6.10 Å². The minimum absolute atomic E-state index is 0.374. The lowest BCUT2D eigenvalue weighted by Crippen LogP contribution is -2.11. The van der Waals surface area contributed by atoms with Gasteiger partial charge in [-0.3, -0.25) is 0 Å². The summed E-state index contributed by atoms with van der Waals surface area (Å²) in [5.41, 5.74) is 2.17. The predicted molar refractivity (Wildman–Crippen MR) is 66.2 cm³/mol. The molecule has 16 heavy (non-hydrogen) atoms. The third kappa shape index (κ3) is 4.60. The van der Waals surface area contributed by atoms with Crippen molar-refractivity contribution in [1.29, 1.82) is 0 Å². The summed E-state index contributed by atoms with van der Waals surface area (Å²) < 4.78 is 5.50. The van der Waals surface area contributed by atoms with Gasteiger partial charge in [-0.25, -0.2) is 0 Å². The normalized spacial score (nSPS) is 13.8. The summed E-state index contributed by atoms with van der Waals surface area (Å²) in [6, 6.07) is 10.1. The predicted octanol–water partition coefficient (Wildman–Crippen LogP) is 2.92. The Balaban J connectivity index is 2.17. The van der Waals surface area contributed by atoms with Crippen LogP contribution in [0.3, 0.4) is 0 Å². The van der Waals surface area contributed by atoms with Gasteiger partial charge in [0.1, 0.15) is 0 Å². The van der Waals surface area contributed by atoms with Gasteiger partial charge in [0.2, 0.25) is 0 Å². The molecule has 88 valence electrons. The number of aliphatic hydroxyl groups excluding tert-OH is 1. The van der Waals surface area contributed by atoms with Crippen LogP contribution in [-0.2, 0) is 11.3 Å². The minimum atomic E-state index is -0.374. The van der Waals surface area contributed by atoms with Crippen molar-refractivity contribution in [1.82, 2.24) is 0 Å². The molecule has 0 aliphatic carbocycles. The minimum Gasteiger partial charge on any atom is -0.389 e. The van der Waals surface area contributed by atoms with Gasteiger partial charge in [-0.05, 0) is 25.0 Å². The lowest BCUT2D eigenvalue weighted by atomic mass is 10.1. The van der Waals surface area contributed by atoms with Crippen molar-refractivity contribution in [2.24, 2.45) is 0 Å². The second-order valence-corrected chi connectivity index (χ2v) is 3.88. The van der Waals surface area contributed by atoms with Gasteiger partial charge in [0, 0.05) is 13.0 Å². The Bertz CT molecular complexity index is 317. The lowest BCUT2D eigenvalue weighted by Gasteiger charge is -2.11. The van der Waals surface area contributed by atoms with E-state index in [1.165, 1.54) is 5.56 Å². The van der Waals surface area contributed by atoms with Crippen molar-refractivity contribution in [2.45, 2.75) is 33.0 Å². The summed E-state index contributed by atoms with van der Waals surface area (Å²) in [5.74, 6) is 0. The zero-order valence-electron chi connectivity index (χ0n) is 10.0. The standard InChI is InChI=1S/C14H20O2/c1-3-12(2)14(15)9-10-16-11-13-7-5-4-6-8-13/h3-8,14-15H,9-11H2,1-2H3/b12-3+/t14-/m1/s1. The fourth-order valence-corrected chi connectivity index (χ4v) is 1.38. The van der Waals surface area contributed by atoms with E-state index in [9.17, 15) is 5.11 Å². The molecule has 0 amide bonds. The molecule has 0 saturated carbocycles. The zero-order chi connectivity index (χ0) is 11.8. The Kier molecular flexibility index (Phi) is 5.83. The first kappa shape index (κ1) is 12.9. The van der Waals surface area contributed by atoms with Crippen LogP contribution in [0.2, 0.25) is 0 Å². The van der Waals surface area contributed by atoms with Crippen LogP contribution in [0, 0.1) is 0 Å². The van der Waals surface area contributed by atoms with Crippen LogP contribution in [0.15, 0.2) is 42.0 Å². The van der Waals surface area contributed by atoms with Crippen molar-refractivity contribution in [3.05, 3.63) is 47.5 Å². The van der Waals surface area contributed by atoms with E-state index >= 15 is 0 Å². The Labute approximate surface area is 97.6 Å². The van der Waals surface area contributed by atoms with E-state index in [1.807, 2.05) is 50.3 Å². The highest BCUT2D eigenvalue weighted by Gasteiger charge is 2.04. The Morgan fingerprint density at radius 1 is 1.38 bits per heavy atom. The number of allylic oxidation sites excluding steroid dienone is 1. The average molecular weight is 220 g/mol. The first-order valence-electron chi connectivity index (χ1n) is 5.66. The molecule has 0 unspecified atom stereocenters. The molecule has 2 nitrogen and oxygen atoms in total. The molecule has 0 radical (unpaired) electrons. The third-order valence-corrected chi connectivity index (χ3v) is 2.63. The number of aliphatic hydroxyl groups is 1. The van der Waals surface area contributed by atoms with Crippen molar-refractivity contribution >= 4 is 0 Å². The average Bonchev–Trinajstić information content (AvgIpc) is 2.34. The molecular formula is C14H20O2. The smallest absolute Gasteiger partial charge is 0.0769 e. The number of hydrogen-bond acceptors (Lipinski definition) is 2. The molecule has 1 aromatic carbocycles. The van der Waals surface area contributed by atoms with E-state index in [1.54, 1.807) is 0 Å². The first-order chi connectivity index (χ1) is 7.74. The van der Waals surface area contributed by atoms with Gasteiger partial charge in [0.25, 0.3) is 0 Å². The lowest BCUT2D eigenvalue weighted by molar-refractivity contribution is 0.0851. The molecular weight excluding hydrogens is 200 g/mol. The summed E-state index contributed by atoms with van der Waals surface area (Å²) >= 11 is 0. The quantitative estimate of drug-likeness (QED) is 0.590. The van der Waals surface area contributed by atoms with Gasteiger partial charge in [0.05, 0.1) is 12.7 Å². The van der Waals surface area contributed by atoms with Gasteiger partial charge < -0.3 is 9.84 Å². The SMILES string of the molecule is C/C=C(\C)[C@H](O)CCOCc1ccccc1. The van der Waals surface area contributed by atoms with Crippen LogP contribution in [0.1, 0.15) is 25.8 Å². The number of hydrogen-bond donors (Lipinski definition) is 1. The van der Waals surface area contributed by atoms with E-state index in [0.29, 0.717) is 19.6 Å². The Hall–Kier alpha value is -1.12. The highest BCUT2D eigenvalue weighted by molar-refractivity contribution is 5.13. The maximum atomic E-state index is 9.67. The summed E-state index contributed by atoms with van der Waals surface area (Å²) in [6.07, 6.45) is 2.21. The Morgan fingerprint density at radius 2 is 2.06 bits per heavy atom. The third-order valence-electron chi connectivity index (χ3n) is 2.63. The van der Waals surface area contributed by atoms with Crippen LogP contribution in [-0.4, -0.2) is 17.8 Å². The highest BCUT2D eigenvalue weighted by Crippen LogP contribution is 2.06. The van der Waals surface area contributed by atoms with Gasteiger partial charge in [0.15, 0.2) is 0 Å². The second kappa shape index (κ2) is 7.20. The molecule has 1 atom stereocenters. The molecule has 1 rings (SSSR count). The fourth-order valence-electron chi connectivity index (χ4n) is 1.38. The van der Waals surface area contributed by atoms with E-state index < -0.39 is 0 Å². The van der Waals surface area contributed by atoms with E-state index in [2.05, 4.69) is 0 Å². The molecule has 0 spiro atoms. The summed E-state index contributed by atoms with van der Waals surface area (Å²) in [6.45, 7) is 5.06. The van der Waals surface area contributed by atoms with E-state index in [0.717, 1.165) is 5.57 Å². The largest absolute Gasteiger partial charge is 0.389 e. The molecule has 0 aliphatic heterocycles. The molecule has 2 heteroatoms. The molecule has 1 N–H and O–H groups in total. The van der Waals surface area contributed by atoms with Crippen molar-refractivity contribution < 1.29 is 9.84 Å². The van der Waals surface area contributed by atoms with Gasteiger partial charge >= 0.3 is 0 Å². The second-order valence-electron chi connectivity index (χ2n) is 3.88. The molecule has 0 aliphatic rings. The molecule has 0 aromatic heterocycles. The molecule has 0 bridgehead atoms. The van der Waals surface area contributed by atoms with Crippen LogP contribution < -0.4 is 0 Å². The van der Waals surface area contributed by atoms with Crippen molar-refractivity contribution in [2.75, 3.05) is 6.61 Å². The number of ether oxygens (including phenoxy) is 1. The van der Waals surface area contributed by atoms with Gasteiger partial charge in [-0.1, -0.05) is 36.4 Å². The molecule has 1 aromatic rings. The summed E-state index contributed by atoms with van der Waals surface area (Å²) in [5, 5.41) is 9.67. The molecule has 0 saturated heterocycles. The van der Waals surface area contributed by atoms with Gasteiger partial charge in [-0.15, -0.1) is 0 Å². The van der Waals surface area contributed by atoms with Crippen LogP contribution in [0.25, 0.3) is 0 Å². The highest BCUT2D eigenvalue weighted by atomic mass is 16.5. The number of rotatable bonds is 6. The van der Waals surface area contributed by atoms with Crippen LogP contribution in [0.4, 0.5) is 0 Å². The van der Waals surface area contributed by atoms with Crippen molar-refractivity contribution in [3.8, 4) is 0 Å². The van der Waals surface area contributed by atoms with Crippen molar-refractivity contribution in [3.63, 3.8) is 0 Å². The first-order valence-corrected chi connectivity index (χ1v) is 5.66. The Morgan fingerprint density at radius 3 is 2.69 bits per heavy atom. The maximum absolute atomic E-state index is 9.67. The maximum Gasteiger partial charge on any atom is 0.0769 e. The van der Waals surface area contributed by atoms with Crippen LogP contribution >= 0.6 is 0 Å². The zero-order valence-corrected chi connectivity index (χ0v) is 10.0. The topological polar surface area (TPSA) is 29.5 Å². The molecule has 0 fully saturated rings. The monoisotopic (exact) mass is 220 g/mol. The molecule has 0 heterocycles. The summed E-state index contributed by atoms with van der Waals surface area (Å²) in [4.78, 5) is 0. The fraction of sp³-hybridized carbons (Fsp3) is 0.429. The summed E-state index contributed by atoms with van der Waals surface area (Å²) in [7, 11) is 0. The number of benzene rings is 1. The van der Waals surface area contributed by atoms with E-state index in [4.69, 9.17) is 4.74 Å². The van der Waals surface area contributed by atoms with Gasteiger partial charge in [-0.2, -0.15) is 0 Å².